The molecule has 0 saturated carbocycles. The molecule has 6 nitrogen and oxygen atoms in total. The molecule has 2 aromatic rings. The molecule has 1 unspecified atom stereocenters. The SMILES string of the molecule is CS(=O)c1cccc(NC(=O)Nc2cnn(CC(F)F)c2)c1. The molecule has 0 bridgehead atoms. The highest BCUT2D eigenvalue weighted by Gasteiger charge is 2.08. The molecule has 0 spiro atoms. The molecule has 9 heteroatoms. The summed E-state index contributed by atoms with van der Waals surface area (Å²) >= 11 is 0. The van der Waals surface area contributed by atoms with Gasteiger partial charge < -0.3 is 10.6 Å². The summed E-state index contributed by atoms with van der Waals surface area (Å²) in [6, 6.07) is 6.06. The van der Waals surface area contributed by atoms with E-state index in [1.54, 1.807) is 24.3 Å². The Labute approximate surface area is 128 Å². The average Bonchev–Trinajstić information content (AvgIpc) is 2.85. The van der Waals surface area contributed by atoms with Gasteiger partial charge in [-0.1, -0.05) is 6.07 Å². The van der Waals surface area contributed by atoms with Gasteiger partial charge >= 0.3 is 6.03 Å². The molecule has 0 radical (unpaired) electrons. The van der Waals surface area contributed by atoms with Crippen LogP contribution in [0.3, 0.4) is 0 Å². The summed E-state index contributed by atoms with van der Waals surface area (Å²) in [5, 5.41) is 8.75. The van der Waals surface area contributed by atoms with Gasteiger partial charge in [0.2, 0.25) is 0 Å². The predicted octanol–water partition coefficient (Wildman–Crippen LogP) is 2.53. The van der Waals surface area contributed by atoms with Gasteiger partial charge in [0.15, 0.2) is 0 Å². The van der Waals surface area contributed by atoms with Crippen LogP contribution in [0, 0.1) is 0 Å². The second kappa shape index (κ2) is 7.12. The first-order valence-corrected chi connectivity index (χ1v) is 7.82. The number of carbonyl (C=O) groups is 1. The zero-order chi connectivity index (χ0) is 16.1. The molecule has 1 atom stereocenters. The number of carbonyl (C=O) groups excluding carboxylic acids is 1. The smallest absolute Gasteiger partial charge is 0.308 e. The predicted molar refractivity (Wildman–Crippen MR) is 79.6 cm³/mol. The van der Waals surface area contributed by atoms with Crippen molar-refractivity contribution in [1.82, 2.24) is 9.78 Å². The van der Waals surface area contributed by atoms with E-state index in [1.807, 2.05) is 0 Å². The molecular formula is C13H14F2N4O2S. The lowest BCUT2D eigenvalue weighted by molar-refractivity contribution is 0.122. The number of urea groups is 1. The van der Waals surface area contributed by atoms with Crippen LogP contribution in [0.25, 0.3) is 0 Å². The minimum Gasteiger partial charge on any atom is -0.308 e. The lowest BCUT2D eigenvalue weighted by atomic mass is 10.3. The van der Waals surface area contributed by atoms with E-state index in [2.05, 4.69) is 15.7 Å². The second-order valence-corrected chi connectivity index (χ2v) is 5.78. The number of aromatic nitrogens is 2. The maximum absolute atomic E-state index is 12.2. The average molecular weight is 328 g/mol. The van der Waals surface area contributed by atoms with Crippen molar-refractivity contribution < 1.29 is 17.8 Å². The minimum absolute atomic E-state index is 0.299. The maximum atomic E-state index is 12.2. The van der Waals surface area contributed by atoms with Crippen molar-refractivity contribution in [3.8, 4) is 0 Å². The fourth-order valence-corrected chi connectivity index (χ4v) is 2.28. The Bertz CT molecular complexity index is 690. The maximum Gasteiger partial charge on any atom is 0.323 e. The molecule has 118 valence electrons. The number of anilines is 2. The first-order chi connectivity index (χ1) is 10.4. The second-order valence-electron chi connectivity index (χ2n) is 4.40. The highest BCUT2D eigenvalue weighted by atomic mass is 32.2. The fourth-order valence-electron chi connectivity index (χ4n) is 1.72. The number of nitrogens with zero attached hydrogens (tertiary/aromatic N) is 2. The number of amides is 2. The molecular weight excluding hydrogens is 314 g/mol. The molecule has 0 aliphatic carbocycles. The summed E-state index contributed by atoms with van der Waals surface area (Å²) in [5.74, 6) is 0. The highest BCUT2D eigenvalue weighted by molar-refractivity contribution is 7.84. The first kappa shape index (κ1) is 16.1. The van der Waals surface area contributed by atoms with Crippen molar-refractivity contribution in [3.05, 3.63) is 36.7 Å². The van der Waals surface area contributed by atoms with Gasteiger partial charge in [-0.05, 0) is 18.2 Å². The normalized spacial score (nSPS) is 12.2. The molecule has 0 saturated heterocycles. The standard InChI is InChI=1S/C13H14F2N4O2S/c1-22(21)11-4-2-3-9(5-11)17-13(20)18-10-6-16-19(7-10)8-12(14)15/h2-7,12H,8H2,1H3,(H2,17,18,20). The fraction of sp³-hybridized carbons (Fsp3) is 0.231. The van der Waals surface area contributed by atoms with Crippen molar-refractivity contribution in [2.24, 2.45) is 0 Å². The summed E-state index contributed by atoms with van der Waals surface area (Å²) in [4.78, 5) is 12.4. The molecule has 1 aromatic carbocycles. The molecule has 0 aliphatic rings. The van der Waals surface area contributed by atoms with Gasteiger partial charge in [-0.3, -0.25) is 8.89 Å². The summed E-state index contributed by atoms with van der Waals surface area (Å²) in [7, 11) is -1.15. The number of nitrogens with one attached hydrogen (secondary N) is 2. The summed E-state index contributed by atoms with van der Waals surface area (Å²) < 4.78 is 36.8. The van der Waals surface area contributed by atoms with E-state index in [9.17, 15) is 17.8 Å². The van der Waals surface area contributed by atoms with Crippen molar-refractivity contribution in [2.45, 2.75) is 17.9 Å². The quantitative estimate of drug-likeness (QED) is 0.885. The molecule has 2 rings (SSSR count). The van der Waals surface area contributed by atoms with E-state index < -0.39 is 29.8 Å². The van der Waals surface area contributed by atoms with Gasteiger partial charge in [0.25, 0.3) is 6.43 Å². The number of halogens is 2. The lowest BCUT2D eigenvalue weighted by Gasteiger charge is -2.07. The largest absolute Gasteiger partial charge is 0.323 e. The van der Waals surface area contributed by atoms with E-state index in [0.29, 0.717) is 16.3 Å². The van der Waals surface area contributed by atoms with E-state index in [-0.39, 0.29) is 0 Å². The van der Waals surface area contributed by atoms with E-state index >= 15 is 0 Å². The Morgan fingerprint density at radius 1 is 1.36 bits per heavy atom. The van der Waals surface area contributed by atoms with Crippen molar-refractivity contribution in [2.75, 3.05) is 16.9 Å². The first-order valence-electron chi connectivity index (χ1n) is 6.26. The van der Waals surface area contributed by atoms with E-state index in [1.165, 1.54) is 18.6 Å². The summed E-state index contributed by atoms with van der Waals surface area (Å²) in [5.41, 5.74) is 0.776. The minimum atomic E-state index is -2.51. The van der Waals surface area contributed by atoms with Crippen LogP contribution in [0.15, 0.2) is 41.6 Å². The van der Waals surface area contributed by atoms with Gasteiger partial charge in [0.1, 0.15) is 6.54 Å². The van der Waals surface area contributed by atoms with E-state index in [4.69, 9.17) is 0 Å². The van der Waals surface area contributed by atoms with Crippen molar-refractivity contribution in [1.29, 1.82) is 0 Å². The molecule has 2 amide bonds. The van der Waals surface area contributed by atoms with Crippen LogP contribution in [0.1, 0.15) is 0 Å². The Balaban J connectivity index is 1.96. The third kappa shape index (κ3) is 4.62. The molecule has 22 heavy (non-hydrogen) atoms. The molecule has 1 aromatic heterocycles. The molecule has 0 fully saturated rings. The van der Waals surface area contributed by atoms with Crippen molar-refractivity contribution >= 4 is 28.2 Å². The van der Waals surface area contributed by atoms with Gasteiger partial charge in [-0.25, -0.2) is 13.6 Å². The van der Waals surface area contributed by atoms with Crippen LogP contribution in [-0.2, 0) is 17.3 Å². The van der Waals surface area contributed by atoms with Gasteiger partial charge in [-0.15, -0.1) is 0 Å². The lowest BCUT2D eigenvalue weighted by Crippen LogP contribution is -2.19. The van der Waals surface area contributed by atoms with Gasteiger partial charge in [-0.2, -0.15) is 5.10 Å². The Kier molecular flexibility index (Phi) is 5.21. The number of hydrogen-bond donors (Lipinski definition) is 2. The molecule has 0 aliphatic heterocycles. The Morgan fingerprint density at radius 2 is 2.09 bits per heavy atom. The third-order valence-corrected chi connectivity index (χ3v) is 3.56. The third-order valence-electron chi connectivity index (χ3n) is 2.64. The van der Waals surface area contributed by atoms with Crippen molar-refractivity contribution in [3.63, 3.8) is 0 Å². The van der Waals surface area contributed by atoms with Crippen LogP contribution in [0.4, 0.5) is 25.0 Å². The van der Waals surface area contributed by atoms with Crippen LogP contribution in [0.5, 0.6) is 0 Å². The van der Waals surface area contributed by atoms with Gasteiger partial charge in [0.05, 0.1) is 11.9 Å². The highest BCUT2D eigenvalue weighted by Crippen LogP contribution is 2.14. The topological polar surface area (TPSA) is 76.0 Å². The summed E-state index contributed by atoms with van der Waals surface area (Å²) in [6.07, 6.45) is 1.61. The zero-order valence-electron chi connectivity index (χ0n) is 11.6. The molecule has 1 heterocycles. The van der Waals surface area contributed by atoms with Crippen LogP contribution < -0.4 is 10.6 Å². The summed E-state index contributed by atoms with van der Waals surface area (Å²) in [6.45, 7) is -0.534. The monoisotopic (exact) mass is 328 g/mol. The van der Waals surface area contributed by atoms with Crippen LogP contribution in [-0.4, -0.2) is 32.7 Å². The number of hydrogen-bond acceptors (Lipinski definition) is 3. The van der Waals surface area contributed by atoms with Crippen LogP contribution in [0.2, 0.25) is 0 Å². The Hall–Kier alpha value is -2.29. The number of rotatable bonds is 5. The van der Waals surface area contributed by atoms with Gasteiger partial charge in [0, 0.05) is 33.8 Å². The van der Waals surface area contributed by atoms with E-state index in [0.717, 1.165) is 4.68 Å². The number of alkyl halides is 2. The van der Waals surface area contributed by atoms with Crippen LogP contribution >= 0.6 is 0 Å². The Morgan fingerprint density at radius 3 is 2.77 bits per heavy atom. The number of benzene rings is 1. The molecule has 2 N–H and O–H groups in total. The zero-order valence-corrected chi connectivity index (χ0v) is 12.4.